The molecule has 1 heterocycles. The first kappa shape index (κ1) is 12.1. The molecule has 0 saturated carbocycles. The number of anilines is 1. The number of fused-ring (bicyclic) bond motifs is 1. The average molecular weight is 254 g/mol. The van der Waals surface area contributed by atoms with Gasteiger partial charge >= 0.3 is 0 Å². The molecule has 3 nitrogen and oxygen atoms in total. The average Bonchev–Trinajstić information content (AvgIpc) is 2.93. The molecule has 0 saturated heterocycles. The second-order valence-electron chi connectivity index (χ2n) is 4.80. The molecule has 0 atom stereocenters. The molecular weight excluding hydrogens is 236 g/mol. The number of rotatable bonds is 4. The molecule has 2 aromatic rings. The van der Waals surface area contributed by atoms with Gasteiger partial charge in [-0.1, -0.05) is 24.3 Å². The minimum atomic E-state index is 0.587. The molecule has 3 heteroatoms. The van der Waals surface area contributed by atoms with Crippen molar-refractivity contribution < 1.29 is 4.74 Å². The molecule has 0 fully saturated rings. The number of nitrogens with two attached hydrogens (primary N) is 1. The summed E-state index contributed by atoms with van der Waals surface area (Å²) in [5.41, 5.74) is 10.5. The Morgan fingerprint density at radius 3 is 2.89 bits per heavy atom. The van der Waals surface area contributed by atoms with Gasteiger partial charge in [-0.05, 0) is 34.9 Å². The van der Waals surface area contributed by atoms with E-state index < -0.39 is 0 Å². The summed E-state index contributed by atoms with van der Waals surface area (Å²) in [6, 6.07) is 14.6. The number of nitrogens with one attached hydrogen (secondary N) is 1. The third-order valence-corrected chi connectivity index (χ3v) is 3.41. The summed E-state index contributed by atoms with van der Waals surface area (Å²) in [5, 5.41) is 3.45. The van der Waals surface area contributed by atoms with E-state index in [9.17, 15) is 0 Å². The quantitative estimate of drug-likeness (QED) is 0.882. The van der Waals surface area contributed by atoms with Crippen molar-refractivity contribution in [1.82, 2.24) is 0 Å². The maximum absolute atomic E-state index is 5.65. The van der Waals surface area contributed by atoms with Gasteiger partial charge in [-0.25, -0.2) is 0 Å². The molecule has 0 unspecified atom stereocenters. The Morgan fingerprint density at radius 2 is 2.00 bits per heavy atom. The first-order chi connectivity index (χ1) is 9.35. The van der Waals surface area contributed by atoms with E-state index >= 15 is 0 Å². The molecule has 2 aromatic carbocycles. The molecule has 1 aliphatic rings. The van der Waals surface area contributed by atoms with Gasteiger partial charge in [-0.15, -0.1) is 0 Å². The highest BCUT2D eigenvalue weighted by Gasteiger charge is 2.11. The molecular formula is C16H18N2O. The van der Waals surface area contributed by atoms with Crippen LogP contribution in [0.5, 0.6) is 5.75 Å². The fourth-order valence-electron chi connectivity index (χ4n) is 2.37. The highest BCUT2D eigenvalue weighted by atomic mass is 16.5. The van der Waals surface area contributed by atoms with Crippen molar-refractivity contribution in [3.05, 3.63) is 59.2 Å². The van der Waals surface area contributed by atoms with Gasteiger partial charge in [-0.3, -0.25) is 0 Å². The smallest absolute Gasteiger partial charge is 0.122 e. The van der Waals surface area contributed by atoms with Crippen LogP contribution in [-0.2, 0) is 19.5 Å². The van der Waals surface area contributed by atoms with Gasteiger partial charge in [0.1, 0.15) is 5.75 Å². The Bertz CT molecular complexity index is 581. The van der Waals surface area contributed by atoms with Crippen LogP contribution in [0, 0.1) is 0 Å². The maximum Gasteiger partial charge on any atom is 0.122 e. The highest BCUT2D eigenvalue weighted by molar-refractivity contribution is 5.52. The predicted molar refractivity (Wildman–Crippen MR) is 77.3 cm³/mol. The van der Waals surface area contributed by atoms with Crippen molar-refractivity contribution in [2.45, 2.75) is 19.5 Å². The van der Waals surface area contributed by atoms with Crippen LogP contribution < -0.4 is 15.8 Å². The second-order valence-corrected chi connectivity index (χ2v) is 4.80. The van der Waals surface area contributed by atoms with Crippen molar-refractivity contribution in [1.29, 1.82) is 0 Å². The largest absolute Gasteiger partial charge is 0.493 e. The predicted octanol–water partition coefficient (Wildman–Crippen LogP) is 2.69. The van der Waals surface area contributed by atoms with Crippen LogP contribution in [0.2, 0.25) is 0 Å². The van der Waals surface area contributed by atoms with Gasteiger partial charge in [0.05, 0.1) is 6.61 Å². The summed E-state index contributed by atoms with van der Waals surface area (Å²) < 4.78 is 5.50. The van der Waals surface area contributed by atoms with Crippen LogP contribution in [0.3, 0.4) is 0 Å². The molecule has 0 aliphatic carbocycles. The van der Waals surface area contributed by atoms with Crippen molar-refractivity contribution in [3.8, 4) is 5.75 Å². The van der Waals surface area contributed by atoms with Crippen LogP contribution in [0.15, 0.2) is 42.5 Å². The normalized spacial score (nSPS) is 12.9. The van der Waals surface area contributed by atoms with Gasteiger partial charge in [0.2, 0.25) is 0 Å². The lowest BCUT2D eigenvalue weighted by molar-refractivity contribution is 0.357. The zero-order valence-corrected chi connectivity index (χ0v) is 10.9. The second kappa shape index (κ2) is 5.33. The molecule has 98 valence electrons. The van der Waals surface area contributed by atoms with Crippen molar-refractivity contribution in [3.63, 3.8) is 0 Å². The van der Waals surface area contributed by atoms with Gasteiger partial charge in [0.15, 0.2) is 0 Å². The van der Waals surface area contributed by atoms with Crippen LogP contribution in [0.25, 0.3) is 0 Å². The van der Waals surface area contributed by atoms with Crippen LogP contribution in [0.1, 0.15) is 16.7 Å². The van der Waals surface area contributed by atoms with Crippen molar-refractivity contribution >= 4 is 5.69 Å². The molecule has 3 rings (SSSR count). The molecule has 19 heavy (non-hydrogen) atoms. The number of benzene rings is 2. The molecule has 1 aliphatic heterocycles. The lowest BCUT2D eigenvalue weighted by atomic mass is 10.1. The number of ether oxygens (including phenoxy) is 1. The molecule has 3 N–H and O–H groups in total. The third-order valence-electron chi connectivity index (χ3n) is 3.41. The van der Waals surface area contributed by atoms with Crippen molar-refractivity contribution in [2.24, 2.45) is 5.73 Å². The highest BCUT2D eigenvalue weighted by Crippen LogP contribution is 2.28. The first-order valence-electron chi connectivity index (χ1n) is 6.62. The summed E-state index contributed by atoms with van der Waals surface area (Å²) in [5.74, 6) is 1.02. The van der Waals surface area contributed by atoms with Gasteiger partial charge < -0.3 is 15.8 Å². The maximum atomic E-state index is 5.65. The van der Waals surface area contributed by atoms with Crippen LogP contribution in [-0.4, -0.2) is 6.61 Å². The Labute approximate surface area is 113 Å². The lowest BCUT2D eigenvalue weighted by Crippen LogP contribution is -2.02. The van der Waals surface area contributed by atoms with E-state index in [0.29, 0.717) is 6.54 Å². The summed E-state index contributed by atoms with van der Waals surface area (Å²) in [6.45, 7) is 2.20. The summed E-state index contributed by atoms with van der Waals surface area (Å²) >= 11 is 0. The van der Waals surface area contributed by atoms with Gasteiger partial charge in [-0.2, -0.15) is 0 Å². The topological polar surface area (TPSA) is 47.3 Å². The summed E-state index contributed by atoms with van der Waals surface area (Å²) in [4.78, 5) is 0. The molecule has 0 spiro atoms. The van der Waals surface area contributed by atoms with E-state index in [1.54, 1.807) is 0 Å². The van der Waals surface area contributed by atoms with Gasteiger partial charge in [0, 0.05) is 25.2 Å². The number of hydrogen-bond acceptors (Lipinski definition) is 3. The van der Waals surface area contributed by atoms with E-state index in [0.717, 1.165) is 31.0 Å². The van der Waals surface area contributed by atoms with E-state index in [-0.39, 0.29) is 0 Å². The minimum Gasteiger partial charge on any atom is -0.493 e. The fraction of sp³-hybridized carbons (Fsp3) is 0.250. The van der Waals surface area contributed by atoms with Crippen LogP contribution in [0.4, 0.5) is 5.69 Å². The standard InChI is InChI=1S/C16H18N2O/c17-10-12-2-1-3-13(8-12)11-18-15-4-5-16-14(9-15)6-7-19-16/h1-5,8-9,18H,6-7,10-11,17H2. The molecule has 0 aromatic heterocycles. The van der Waals surface area contributed by atoms with E-state index in [2.05, 4.69) is 41.7 Å². The van der Waals surface area contributed by atoms with Crippen LogP contribution >= 0.6 is 0 Å². The number of hydrogen-bond donors (Lipinski definition) is 2. The molecule has 0 amide bonds. The molecule has 0 bridgehead atoms. The SMILES string of the molecule is NCc1cccc(CNc2ccc3c(c2)CCO3)c1. The third kappa shape index (κ3) is 2.71. The van der Waals surface area contributed by atoms with E-state index in [1.807, 2.05) is 6.07 Å². The Kier molecular flexibility index (Phi) is 3.38. The summed E-state index contributed by atoms with van der Waals surface area (Å²) in [6.07, 6.45) is 1.01. The first-order valence-corrected chi connectivity index (χ1v) is 6.62. The Morgan fingerprint density at radius 1 is 1.11 bits per heavy atom. The Balaban J connectivity index is 1.68. The fourth-order valence-corrected chi connectivity index (χ4v) is 2.37. The Hall–Kier alpha value is -2.00. The minimum absolute atomic E-state index is 0.587. The lowest BCUT2D eigenvalue weighted by Gasteiger charge is -2.09. The van der Waals surface area contributed by atoms with Gasteiger partial charge in [0.25, 0.3) is 0 Å². The monoisotopic (exact) mass is 254 g/mol. The van der Waals surface area contributed by atoms with E-state index in [1.165, 1.54) is 16.7 Å². The molecule has 0 radical (unpaired) electrons. The summed E-state index contributed by atoms with van der Waals surface area (Å²) in [7, 11) is 0. The zero-order valence-electron chi connectivity index (χ0n) is 10.9. The van der Waals surface area contributed by atoms with Crippen molar-refractivity contribution in [2.75, 3.05) is 11.9 Å². The zero-order chi connectivity index (χ0) is 13.1. The van der Waals surface area contributed by atoms with E-state index in [4.69, 9.17) is 10.5 Å².